The van der Waals surface area contributed by atoms with E-state index in [0.717, 1.165) is 0 Å². The van der Waals surface area contributed by atoms with E-state index in [1.54, 1.807) is 0 Å². The highest BCUT2D eigenvalue weighted by molar-refractivity contribution is 6.95. The molecule has 0 nitrogen and oxygen atoms in total. The van der Waals surface area contributed by atoms with Crippen molar-refractivity contribution in [2.75, 3.05) is 0 Å². The third kappa shape index (κ3) is 3.23. The Morgan fingerprint density at radius 2 is 0.593 bits per heavy atom. The monoisotopic (exact) mass is 484 g/mol. The zero-order chi connectivity index (χ0) is 22.7. The van der Waals surface area contributed by atoms with Crippen LogP contribution < -0.4 is 0 Å². The molecule has 27 heavy (non-hydrogen) atoms. The summed E-state index contributed by atoms with van der Waals surface area (Å²) >= 11 is 4.20. The smallest absolute Gasteiger partial charge is 0.204 e. The molecule has 0 saturated carbocycles. The summed E-state index contributed by atoms with van der Waals surface area (Å²) in [4.78, 5) is 0. The van der Waals surface area contributed by atoms with Crippen LogP contribution in [0, 0.1) is 0 Å². The molecule has 0 bridgehead atoms. The first-order chi connectivity index (χ1) is 11.3. The van der Waals surface area contributed by atoms with Crippen molar-refractivity contribution >= 4 is 19.9 Å². The number of halogens is 18. The second-order valence-corrected chi connectivity index (χ2v) is 6.74. The highest BCUT2D eigenvalue weighted by Crippen LogP contribution is 2.63. The van der Waals surface area contributed by atoms with Gasteiger partial charge >= 0.3 is 47.3 Å². The molecule has 0 rings (SSSR count). The van der Waals surface area contributed by atoms with E-state index in [9.17, 15) is 74.6 Å². The zero-order valence-corrected chi connectivity index (χ0v) is 13.7. The molecule has 0 fully saturated rings. The van der Waals surface area contributed by atoms with Crippen LogP contribution >= 0.6 is 11.1 Å². The van der Waals surface area contributed by atoms with E-state index in [1.807, 2.05) is 0 Å². The minimum atomic E-state index is -8.59. The topological polar surface area (TPSA) is 0 Å². The van der Waals surface area contributed by atoms with E-state index >= 15 is 0 Å². The summed E-state index contributed by atoms with van der Waals surface area (Å²) < 4.78 is 215. The van der Waals surface area contributed by atoms with Gasteiger partial charge in [0.1, 0.15) is 0 Å². The number of alkyl halides is 17. The summed E-state index contributed by atoms with van der Waals surface area (Å²) in [6.07, 6.45) is -7.75. The van der Waals surface area contributed by atoms with Gasteiger partial charge in [-0.3, -0.25) is 0 Å². The standard InChI is InChI=1S/C8H2ClF17Si/c9-27-8(25,26)6(20,21)4(16,17)2(12,13)1(10,11)3(14,15)5(18,19)7(22,23)24/h27H2. The fraction of sp³-hybridized carbons (Fsp3) is 1.00. The van der Waals surface area contributed by atoms with Crippen molar-refractivity contribution in [2.24, 2.45) is 0 Å². The minimum Gasteiger partial charge on any atom is -0.204 e. The molecular weight excluding hydrogens is 483 g/mol. The summed E-state index contributed by atoms with van der Waals surface area (Å²) in [5.41, 5.74) is -6.36. The van der Waals surface area contributed by atoms with E-state index in [0.29, 0.717) is 0 Å². The Morgan fingerprint density at radius 1 is 0.370 bits per heavy atom. The summed E-state index contributed by atoms with van der Waals surface area (Å²) in [6.45, 7) is 0. The SMILES string of the molecule is FC(F)(F)C(F)(F)C(F)(F)C(F)(F)C(F)(F)C(F)(F)C(F)(F)C(F)(F)[SiH2]Cl. The molecule has 0 aliphatic rings. The maximum atomic E-state index is 13.0. The predicted octanol–water partition coefficient (Wildman–Crippen LogP) is 5.28. The van der Waals surface area contributed by atoms with Crippen LogP contribution in [-0.4, -0.2) is 56.1 Å². The lowest BCUT2D eigenvalue weighted by atomic mass is 9.91. The van der Waals surface area contributed by atoms with Gasteiger partial charge in [0.15, 0.2) is 0 Å². The van der Waals surface area contributed by atoms with Gasteiger partial charge in [0.2, 0.25) is 8.83 Å². The average molecular weight is 485 g/mol. The second kappa shape index (κ2) is 6.41. The first kappa shape index (κ1) is 26.3. The highest BCUT2D eigenvalue weighted by Gasteiger charge is 2.95. The van der Waals surface area contributed by atoms with Crippen LogP contribution in [0.25, 0.3) is 0 Å². The minimum absolute atomic E-state index is 4.20. The molecule has 0 aromatic rings. The van der Waals surface area contributed by atoms with Crippen LogP contribution in [0.2, 0.25) is 0 Å². The maximum absolute atomic E-state index is 13.0. The molecule has 0 saturated heterocycles. The molecule has 0 aliphatic carbocycles. The van der Waals surface area contributed by atoms with Crippen molar-refractivity contribution in [3.63, 3.8) is 0 Å². The van der Waals surface area contributed by atoms with E-state index in [-0.39, 0.29) is 0 Å². The second-order valence-electron chi connectivity index (χ2n) is 4.78. The van der Waals surface area contributed by atoms with Gasteiger partial charge in [0.25, 0.3) is 0 Å². The molecule has 0 amide bonds. The normalized spacial score (nSPS) is 17.1. The van der Waals surface area contributed by atoms with Gasteiger partial charge in [-0.2, -0.15) is 76.9 Å². The number of hydrogen-bond donors (Lipinski definition) is 0. The first-order valence-electron chi connectivity index (χ1n) is 5.58. The summed E-state index contributed by atoms with van der Waals surface area (Å²) in [7, 11) is -4.31. The zero-order valence-electron chi connectivity index (χ0n) is 11.5. The van der Waals surface area contributed by atoms with Gasteiger partial charge in [-0.25, -0.2) is 8.78 Å². The van der Waals surface area contributed by atoms with Gasteiger partial charge in [0.05, 0.1) is 0 Å². The van der Waals surface area contributed by atoms with E-state index in [1.165, 1.54) is 0 Å². The van der Waals surface area contributed by atoms with Crippen LogP contribution in [0.5, 0.6) is 0 Å². The Bertz CT molecular complexity index is 548. The fourth-order valence-corrected chi connectivity index (χ4v) is 2.17. The molecule has 0 spiro atoms. The van der Waals surface area contributed by atoms with Gasteiger partial charge in [-0.1, -0.05) is 0 Å². The quantitative estimate of drug-likeness (QED) is 0.262. The lowest BCUT2D eigenvalue weighted by Gasteiger charge is -2.42. The van der Waals surface area contributed by atoms with Crippen LogP contribution in [0.4, 0.5) is 74.6 Å². The molecule has 0 aromatic heterocycles. The Hall–Kier alpha value is -0.683. The van der Waals surface area contributed by atoms with Crippen molar-refractivity contribution in [3.8, 4) is 0 Å². The number of hydrogen-bond acceptors (Lipinski definition) is 0. The summed E-state index contributed by atoms with van der Waals surface area (Å²) in [5, 5.41) is 0. The third-order valence-corrected chi connectivity index (χ3v) is 4.74. The molecule has 164 valence electrons. The van der Waals surface area contributed by atoms with Crippen molar-refractivity contribution in [3.05, 3.63) is 0 Å². The average Bonchev–Trinajstić information content (AvgIpc) is 2.44. The van der Waals surface area contributed by atoms with E-state index in [4.69, 9.17) is 0 Å². The lowest BCUT2D eigenvalue weighted by Crippen LogP contribution is -2.74. The molecule has 19 heteroatoms. The Labute approximate surface area is 143 Å². The van der Waals surface area contributed by atoms with Crippen LogP contribution in [0.1, 0.15) is 0 Å². The highest BCUT2D eigenvalue weighted by atomic mass is 35.6. The maximum Gasteiger partial charge on any atom is 0.460 e. The van der Waals surface area contributed by atoms with Crippen molar-refractivity contribution in [1.82, 2.24) is 0 Å². The van der Waals surface area contributed by atoms with E-state index in [2.05, 4.69) is 11.1 Å². The van der Waals surface area contributed by atoms with Crippen molar-refractivity contribution in [2.45, 2.75) is 47.3 Å². The van der Waals surface area contributed by atoms with Crippen LogP contribution in [-0.2, 0) is 0 Å². The fourth-order valence-electron chi connectivity index (χ4n) is 1.28. The third-order valence-electron chi connectivity index (χ3n) is 2.95. The number of rotatable bonds is 7. The van der Waals surface area contributed by atoms with Crippen molar-refractivity contribution < 1.29 is 74.6 Å². The summed E-state index contributed by atoms with van der Waals surface area (Å²) in [5.74, 6) is -49.6. The molecule has 0 radical (unpaired) electrons. The Morgan fingerprint density at radius 3 is 0.815 bits per heavy atom. The van der Waals surface area contributed by atoms with Crippen LogP contribution in [0.3, 0.4) is 0 Å². The van der Waals surface area contributed by atoms with Crippen molar-refractivity contribution in [1.29, 1.82) is 0 Å². The van der Waals surface area contributed by atoms with E-state index < -0.39 is 56.1 Å². The molecule has 0 aliphatic heterocycles. The molecule has 0 unspecified atom stereocenters. The summed E-state index contributed by atoms with van der Waals surface area (Å²) in [6, 6.07) is 0. The van der Waals surface area contributed by atoms with Gasteiger partial charge in [0, 0.05) is 0 Å². The predicted molar refractivity (Wildman–Crippen MR) is 55.1 cm³/mol. The Kier molecular flexibility index (Phi) is 6.25. The van der Waals surface area contributed by atoms with Gasteiger partial charge in [-0.05, 0) is 0 Å². The molecule has 0 aromatic carbocycles. The van der Waals surface area contributed by atoms with Gasteiger partial charge < -0.3 is 0 Å². The molecular formula is C8H2ClF17Si. The lowest BCUT2D eigenvalue weighted by molar-refractivity contribution is -0.458. The van der Waals surface area contributed by atoms with Crippen LogP contribution in [0.15, 0.2) is 0 Å². The molecule has 0 N–H and O–H groups in total. The Balaban J connectivity index is 6.65. The molecule has 0 atom stereocenters. The largest absolute Gasteiger partial charge is 0.460 e. The van der Waals surface area contributed by atoms with Gasteiger partial charge in [-0.15, -0.1) is 0 Å². The molecule has 0 heterocycles. The first-order valence-corrected chi connectivity index (χ1v) is 8.43.